The summed E-state index contributed by atoms with van der Waals surface area (Å²) in [5, 5.41) is 10.6. The molecule has 0 radical (unpaired) electrons. The Kier molecular flexibility index (Phi) is 13.2. The summed E-state index contributed by atoms with van der Waals surface area (Å²) in [6.45, 7) is 4.66. The van der Waals surface area contributed by atoms with E-state index in [1.807, 2.05) is 42.5 Å². The van der Waals surface area contributed by atoms with Gasteiger partial charge in [0.2, 0.25) is 21.8 Å². The molecular weight excluding hydrogens is 659 g/mol. The maximum absolute atomic E-state index is 13.8. The Balaban J connectivity index is 1.45. The molecule has 3 aromatic rings. The molecule has 1 saturated heterocycles. The molecule has 47 heavy (non-hydrogen) atoms. The number of hydrogen-bond donors (Lipinski definition) is 3. The highest BCUT2D eigenvalue weighted by Crippen LogP contribution is 2.32. The topological polar surface area (TPSA) is 140 Å². The van der Waals surface area contributed by atoms with Gasteiger partial charge in [-0.1, -0.05) is 77.8 Å². The van der Waals surface area contributed by atoms with Crippen molar-refractivity contribution in [2.75, 3.05) is 45.8 Å². The van der Waals surface area contributed by atoms with Gasteiger partial charge in [0, 0.05) is 30.2 Å². The normalized spacial score (nSPS) is 13.5. The highest BCUT2D eigenvalue weighted by Gasteiger charge is 2.30. The van der Waals surface area contributed by atoms with Crippen LogP contribution in [0.3, 0.4) is 0 Å². The van der Waals surface area contributed by atoms with Gasteiger partial charge in [0.15, 0.2) is 0 Å². The van der Waals surface area contributed by atoms with E-state index in [2.05, 4.69) is 10.2 Å². The highest BCUT2D eigenvalue weighted by atomic mass is 35.5. The third-order valence-electron chi connectivity index (χ3n) is 8.24. The standard InChI is InChI=1S/C34H42Cl2N6O4S/c1-25-29(35)14-15-30(33(25)36)47(45,46)42(21-16-26-8-3-2-4-9-26)24-31(43)39-22-32(44)41(20-7-19-40-17-5-6-18-40)23-27-10-12-28(13-11-27)34(37)38/h2-4,8-15H,5-7,16-24H2,1H3,(H3,37,38)(H,39,43). The largest absolute Gasteiger partial charge is 0.384 e. The summed E-state index contributed by atoms with van der Waals surface area (Å²) in [5.41, 5.74) is 8.38. The van der Waals surface area contributed by atoms with Crippen LogP contribution >= 0.6 is 23.2 Å². The Bertz CT molecular complexity index is 1650. The predicted octanol–water partition coefficient (Wildman–Crippen LogP) is 4.45. The molecule has 2 amide bonds. The molecule has 10 nitrogen and oxygen atoms in total. The fourth-order valence-corrected chi connectivity index (χ4v) is 7.63. The molecule has 0 spiro atoms. The Morgan fingerprint density at radius 1 is 0.957 bits per heavy atom. The van der Waals surface area contributed by atoms with E-state index < -0.39 is 22.5 Å². The maximum atomic E-state index is 13.8. The summed E-state index contributed by atoms with van der Waals surface area (Å²) in [6, 6.07) is 19.3. The number of halogens is 2. The Labute approximate surface area is 287 Å². The lowest BCUT2D eigenvalue weighted by Crippen LogP contribution is -2.45. The van der Waals surface area contributed by atoms with Crippen LogP contribution in [0.5, 0.6) is 0 Å². The summed E-state index contributed by atoms with van der Waals surface area (Å²) >= 11 is 12.6. The molecule has 252 valence electrons. The molecule has 4 rings (SSSR count). The Morgan fingerprint density at radius 3 is 2.30 bits per heavy atom. The first-order valence-electron chi connectivity index (χ1n) is 15.6. The number of amides is 2. The molecule has 1 heterocycles. The van der Waals surface area contributed by atoms with E-state index in [0.717, 1.165) is 41.5 Å². The lowest BCUT2D eigenvalue weighted by atomic mass is 10.1. The number of amidine groups is 1. The molecule has 1 aliphatic heterocycles. The quantitative estimate of drug-likeness (QED) is 0.149. The fraction of sp³-hybridized carbons (Fsp3) is 0.382. The van der Waals surface area contributed by atoms with Gasteiger partial charge in [0.25, 0.3) is 0 Å². The van der Waals surface area contributed by atoms with Gasteiger partial charge in [-0.15, -0.1) is 0 Å². The average Bonchev–Trinajstić information content (AvgIpc) is 3.58. The second-order valence-electron chi connectivity index (χ2n) is 11.7. The minimum absolute atomic E-state index is 0.00120. The van der Waals surface area contributed by atoms with Crippen LogP contribution in [0.25, 0.3) is 0 Å². The number of hydrogen-bond acceptors (Lipinski definition) is 6. The number of nitrogen functional groups attached to an aromatic ring is 1. The second kappa shape index (κ2) is 17.1. The van der Waals surface area contributed by atoms with Gasteiger partial charge in [-0.05, 0) is 81.1 Å². The molecule has 13 heteroatoms. The summed E-state index contributed by atoms with van der Waals surface area (Å²) in [5.74, 6) is -0.934. The monoisotopic (exact) mass is 700 g/mol. The number of nitrogens with two attached hydrogens (primary N) is 1. The third kappa shape index (κ3) is 10.3. The third-order valence-corrected chi connectivity index (χ3v) is 11.1. The van der Waals surface area contributed by atoms with Crippen LogP contribution < -0.4 is 11.1 Å². The van der Waals surface area contributed by atoms with Crippen molar-refractivity contribution in [3.05, 3.63) is 99.0 Å². The molecule has 0 unspecified atom stereocenters. The molecule has 0 aliphatic carbocycles. The fourth-order valence-electron chi connectivity index (χ4n) is 5.45. The van der Waals surface area contributed by atoms with Crippen molar-refractivity contribution < 1.29 is 18.0 Å². The molecule has 0 atom stereocenters. The van der Waals surface area contributed by atoms with E-state index in [9.17, 15) is 18.0 Å². The predicted molar refractivity (Wildman–Crippen MR) is 186 cm³/mol. The minimum Gasteiger partial charge on any atom is -0.384 e. The second-order valence-corrected chi connectivity index (χ2v) is 14.4. The van der Waals surface area contributed by atoms with Crippen LogP contribution in [-0.2, 0) is 32.6 Å². The van der Waals surface area contributed by atoms with Crippen molar-refractivity contribution in [3.63, 3.8) is 0 Å². The molecule has 0 aromatic heterocycles. The highest BCUT2D eigenvalue weighted by molar-refractivity contribution is 7.89. The van der Waals surface area contributed by atoms with Gasteiger partial charge in [-0.2, -0.15) is 4.31 Å². The molecule has 1 aliphatic rings. The first-order chi connectivity index (χ1) is 22.5. The van der Waals surface area contributed by atoms with Crippen molar-refractivity contribution in [3.8, 4) is 0 Å². The lowest BCUT2D eigenvalue weighted by molar-refractivity contribution is -0.133. The van der Waals surface area contributed by atoms with Gasteiger partial charge in [0.1, 0.15) is 10.7 Å². The van der Waals surface area contributed by atoms with Gasteiger partial charge < -0.3 is 20.9 Å². The van der Waals surface area contributed by atoms with E-state index in [4.69, 9.17) is 34.3 Å². The maximum Gasteiger partial charge on any atom is 0.245 e. The smallest absolute Gasteiger partial charge is 0.245 e. The van der Waals surface area contributed by atoms with E-state index in [-0.39, 0.29) is 34.8 Å². The number of rotatable bonds is 16. The van der Waals surface area contributed by atoms with Crippen LogP contribution in [0.4, 0.5) is 0 Å². The average molecular weight is 702 g/mol. The van der Waals surface area contributed by atoms with Crippen molar-refractivity contribution in [2.45, 2.75) is 44.0 Å². The van der Waals surface area contributed by atoms with E-state index in [0.29, 0.717) is 35.7 Å². The number of sulfonamides is 1. The van der Waals surface area contributed by atoms with Crippen molar-refractivity contribution in [1.82, 2.24) is 19.4 Å². The van der Waals surface area contributed by atoms with Crippen LogP contribution in [0.15, 0.2) is 71.6 Å². The number of nitrogens with zero attached hydrogens (tertiary/aromatic N) is 3. The van der Waals surface area contributed by atoms with Crippen LogP contribution in [-0.4, -0.2) is 86.0 Å². The Morgan fingerprint density at radius 2 is 1.64 bits per heavy atom. The lowest BCUT2D eigenvalue weighted by Gasteiger charge is -2.25. The van der Waals surface area contributed by atoms with E-state index in [1.54, 1.807) is 24.0 Å². The summed E-state index contributed by atoms with van der Waals surface area (Å²) in [4.78, 5) is 30.6. The van der Waals surface area contributed by atoms with Crippen molar-refractivity contribution >= 4 is 50.9 Å². The molecule has 0 bridgehead atoms. The number of nitrogens with one attached hydrogen (secondary N) is 2. The molecule has 0 saturated carbocycles. The summed E-state index contributed by atoms with van der Waals surface area (Å²) in [6.07, 6.45) is 3.50. The van der Waals surface area contributed by atoms with Gasteiger partial charge in [0.05, 0.1) is 18.1 Å². The van der Waals surface area contributed by atoms with Crippen LogP contribution in [0.2, 0.25) is 10.0 Å². The zero-order chi connectivity index (χ0) is 34.0. The van der Waals surface area contributed by atoms with Gasteiger partial charge in [-0.25, -0.2) is 8.42 Å². The zero-order valence-corrected chi connectivity index (χ0v) is 28.9. The van der Waals surface area contributed by atoms with Crippen molar-refractivity contribution in [2.24, 2.45) is 5.73 Å². The molecule has 1 fully saturated rings. The summed E-state index contributed by atoms with van der Waals surface area (Å²) < 4.78 is 28.8. The van der Waals surface area contributed by atoms with Gasteiger partial charge >= 0.3 is 0 Å². The van der Waals surface area contributed by atoms with E-state index in [1.165, 1.54) is 25.0 Å². The van der Waals surface area contributed by atoms with Crippen LogP contribution in [0, 0.1) is 12.3 Å². The Hall–Kier alpha value is -3.48. The first-order valence-corrected chi connectivity index (χ1v) is 17.8. The van der Waals surface area contributed by atoms with Gasteiger partial charge in [-0.3, -0.25) is 15.0 Å². The molecule has 3 aromatic carbocycles. The number of carbonyl (C=O) groups is 2. The van der Waals surface area contributed by atoms with Crippen molar-refractivity contribution in [1.29, 1.82) is 5.41 Å². The first kappa shape index (κ1) is 36.4. The number of benzene rings is 3. The number of carbonyl (C=O) groups excluding carboxylic acids is 2. The molecular formula is C34H42Cl2N6O4S. The summed E-state index contributed by atoms with van der Waals surface area (Å²) in [7, 11) is -4.20. The van der Waals surface area contributed by atoms with Crippen LogP contribution in [0.1, 0.15) is 41.5 Å². The zero-order valence-electron chi connectivity index (χ0n) is 26.6. The SMILES string of the molecule is Cc1c(Cl)ccc(S(=O)(=O)N(CCc2ccccc2)CC(=O)NCC(=O)N(CCCN2CCCC2)Cc2ccc(C(=N)N)cc2)c1Cl. The van der Waals surface area contributed by atoms with E-state index >= 15 is 0 Å². The minimum atomic E-state index is -4.20. The molecule has 4 N–H and O–H groups in total. The number of likely N-dealkylation sites (tertiary alicyclic amines) is 1.